The van der Waals surface area contributed by atoms with E-state index >= 15 is 0 Å². The molecule has 5 fully saturated rings. The summed E-state index contributed by atoms with van der Waals surface area (Å²) in [5, 5.41) is 0. The number of nitrogens with zero attached hydrogens (tertiary/aromatic N) is 2. The Morgan fingerprint density at radius 1 is 0.929 bits per heavy atom. The van der Waals surface area contributed by atoms with Gasteiger partial charge in [-0.25, -0.2) is 4.98 Å². The van der Waals surface area contributed by atoms with Crippen LogP contribution in [0.2, 0.25) is 0 Å². The van der Waals surface area contributed by atoms with E-state index in [2.05, 4.69) is 60.0 Å². The molecule has 0 aromatic carbocycles. The van der Waals surface area contributed by atoms with Crippen molar-refractivity contribution in [3.05, 3.63) is 30.9 Å². The number of imidazole rings is 1. The first-order valence-corrected chi connectivity index (χ1v) is 17.1. The molecule has 0 saturated heterocycles. The molecule has 0 bridgehead atoms. The average Bonchev–Trinajstić information content (AvgIpc) is 3.60. The average molecular weight is 577 g/mol. The van der Waals surface area contributed by atoms with Gasteiger partial charge in [-0.2, -0.15) is 0 Å². The lowest BCUT2D eigenvalue weighted by Crippen LogP contribution is -2.67. The smallest absolute Gasteiger partial charge is 0.306 e. The van der Waals surface area contributed by atoms with Crippen molar-refractivity contribution in [1.29, 1.82) is 0 Å². The molecule has 1 heterocycles. The van der Waals surface area contributed by atoms with Crippen LogP contribution in [0.25, 0.3) is 0 Å². The lowest BCUT2D eigenvalue weighted by atomic mass is 9.32. The van der Waals surface area contributed by atoms with E-state index in [-0.39, 0.29) is 45.1 Å². The van der Waals surface area contributed by atoms with Gasteiger partial charge in [0.1, 0.15) is 12.4 Å². The second kappa shape index (κ2) is 10.1. The molecule has 5 saturated carbocycles. The molecule has 1 aromatic rings. The monoisotopic (exact) mass is 576 g/mol. The molecule has 0 radical (unpaired) electrons. The van der Waals surface area contributed by atoms with Crippen molar-refractivity contribution >= 4 is 11.9 Å². The fourth-order valence-corrected chi connectivity index (χ4v) is 12.8. The van der Waals surface area contributed by atoms with Gasteiger partial charge in [-0.3, -0.25) is 14.2 Å². The molecule has 10 atom stereocenters. The molecule has 5 aliphatic rings. The molecule has 0 unspecified atom stereocenters. The van der Waals surface area contributed by atoms with E-state index in [9.17, 15) is 9.59 Å². The third-order valence-corrected chi connectivity index (χ3v) is 14.9. The van der Waals surface area contributed by atoms with Crippen molar-refractivity contribution in [2.24, 2.45) is 56.7 Å². The minimum absolute atomic E-state index is 0.0187. The maximum atomic E-state index is 14.3. The number of carbonyl (C=O) groups is 2. The molecule has 1 aromatic heterocycles. The number of allylic oxidation sites excluding steroid dienone is 1. The summed E-state index contributed by atoms with van der Waals surface area (Å²) < 4.78 is 7.95. The second-order valence-electron chi connectivity index (χ2n) is 16.7. The Balaban J connectivity index is 1.34. The van der Waals surface area contributed by atoms with Crippen LogP contribution in [0.5, 0.6) is 0 Å². The van der Waals surface area contributed by atoms with Crippen LogP contribution in [-0.2, 0) is 9.53 Å². The third-order valence-electron chi connectivity index (χ3n) is 14.9. The summed E-state index contributed by atoms with van der Waals surface area (Å²) in [6.45, 7) is 21.4. The van der Waals surface area contributed by atoms with Crippen molar-refractivity contribution in [3.63, 3.8) is 0 Å². The van der Waals surface area contributed by atoms with Gasteiger partial charge in [0.2, 0.25) is 5.91 Å². The second-order valence-corrected chi connectivity index (χ2v) is 16.7. The number of carbonyl (C=O) groups excluding carboxylic acids is 2. The van der Waals surface area contributed by atoms with Crippen LogP contribution in [0.3, 0.4) is 0 Å². The molecule has 5 nitrogen and oxygen atoms in total. The van der Waals surface area contributed by atoms with Gasteiger partial charge < -0.3 is 4.74 Å². The summed E-state index contributed by atoms with van der Waals surface area (Å²) in [6, 6.07) is 0. The highest BCUT2D eigenvalue weighted by atomic mass is 16.5. The van der Waals surface area contributed by atoms with Crippen LogP contribution < -0.4 is 0 Å². The summed E-state index contributed by atoms with van der Waals surface area (Å²) in [6.07, 6.45) is 17.9. The fourth-order valence-electron chi connectivity index (χ4n) is 12.8. The normalized spacial score (nSPS) is 45.6. The Morgan fingerprint density at radius 2 is 1.69 bits per heavy atom. The zero-order chi connectivity index (χ0) is 30.3. The molecule has 5 aliphatic carbocycles. The maximum Gasteiger partial charge on any atom is 0.306 e. The van der Waals surface area contributed by atoms with E-state index in [4.69, 9.17) is 4.74 Å². The van der Waals surface area contributed by atoms with Crippen molar-refractivity contribution in [2.45, 2.75) is 132 Å². The summed E-state index contributed by atoms with van der Waals surface area (Å²) in [7, 11) is 0. The summed E-state index contributed by atoms with van der Waals surface area (Å²) in [4.78, 5) is 31.1. The molecular weight excluding hydrogens is 520 g/mol. The van der Waals surface area contributed by atoms with Gasteiger partial charge in [0, 0.05) is 24.2 Å². The molecule has 6 rings (SSSR count). The molecule has 232 valence electrons. The van der Waals surface area contributed by atoms with Crippen molar-refractivity contribution in [2.75, 3.05) is 0 Å². The predicted molar refractivity (Wildman–Crippen MR) is 167 cm³/mol. The quantitative estimate of drug-likeness (QED) is 0.259. The van der Waals surface area contributed by atoms with E-state index in [0.717, 1.165) is 44.9 Å². The van der Waals surface area contributed by atoms with Gasteiger partial charge in [-0.05, 0) is 123 Å². The van der Waals surface area contributed by atoms with Crippen LogP contribution in [0.15, 0.2) is 30.9 Å². The Morgan fingerprint density at radius 3 is 2.36 bits per heavy atom. The van der Waals surface area contributed by atoms with Gasteiger partial charge in [0.25, 0.3) is 0 Å². The van der Waals surface area contributed by atoms with Crippen molar-refractivity contribution < 1.29 is 14.3 Å². The molecular formula is C37H56N2O3. The largest absolute Gasteiger partial charge is 0.462 e. The molecule has 42 heavy (non-hydrogen) atoms. The Hall–Kier alpha value is -1.91. The van der Waals surface area contributed by atoms with Crippen LogP contribution >= 0.6 is 0 Å². The zero-order valence-corrected chi connectivity index (χ0v) is 27.5. The number of esters is 1. The predicted octanol–water partition coefficient (Wildman–Crippen LogP) is 8.89. The molecule has 0 amide bonds. The van der Waals surface area contributed by atoms with Gasteiger partial charge in [0.15, 0.2) is 0 Å². The van der Waals surface area contributed by atoms with Crippen LogP contribution in [-0.4, -0.2) is 27.5 Å². The van der Waals surface area contributed by atoms with Gasteiger partial charge in [-0.1, -0.05) is 53.7 Å². The molecule has 0 aliphatic heterocycles. The van der Waals surface area contributed by atoms with E-state index in [1.165, 1.54) is 31.3 Å². The van der Waals surface area contributed by atoms with Crippen molar-refractivity contribution in [3.8, 4) is 0 Å². The zero-order valence-electron chi connectivity index (χ0n) is 27.5. The van der Waals surface area contributed by atoms with Crippen LogP contribution in [0.4, 0.5) is 0 Å². The topological polar surface area (TPSA) is 61.2 Å². The lowest BCUT2D eigenvalue weighted by Gasteiger charge is -2.72. The van der Waals surface area contributed by atoms with E-state index in [1.54, 1.807) is 17.1 Å². The minimum atomic E-state index is -0.304. The summed E-state index contributed by atoms with van der Waals surface area (Å²) in [5.41, 5.74) is 1.61. The third kappa shape index (κ3) is 3.96. The number of hydrogen-bond acceptors (Lipinski definition) is 4. The first-order chi connectivity index (χ1) is 19.8. The molecule has 0 N–H and O–H groups in total. The fraction of sp³-hybridized carbons (Fsp3) is 0.811. The lowest BCUT2D eigenvalue weighted by molar-refractivity contribution is -0.247. The number of fused-ring (bicyclic) bond motifs is 7. The number of hydrogen-bond donors (Lipinski definition) is 0. The van der Waals surface area contributed by atoms with E-state index in [1.807, 2.05) is 6.20 Å². The first kappa shape index (κ1) is 30.1. The van der Waals surface area contributed by atoms with Gasteiger partial charge in [-0.15, -0.1) is 0 Å². The highest BCUT2D eigenvalue weighted by Crippen LogP contribution is 2.77. The Kier molecular flexibility index (Phi) is 7.22. The SMILES string of the molecule is C=C(C)[C@@H]1CC[C@]2(C(=O)n3ccnc3)CC[C@]3(C)[C@H](CC[C@@H]4[C@@]5(C)CC[C@H](OC(=O)CCC)C(C)(C)[C@@H]5CC[C@]43C)[C@@H]12. The highest BCUT2D eigenvalue weighted by Gasteiger charge is 2.72. The van der Waals surface area contributed by atoms with E-state index < -0.39 is 0 Å². The number of aromatic nitrogens is 2. The number of ether oxygens (including phenoxy) is 1. The number of rotatable bonds is 5. The summed E-state index contributed by atoms with van der Waals surface area (Å²) >= 11 is 0. The van der Waals surface area contributed by atoms with E-state index in [0.29, 0.717) is 36.0 Å². The highest BCUT2D eigenvalue weighted by molar-refractivity contribution is 5.86. The van der Waals surface area contributed by atoms with Crippen LogP contribution in [0.1, 0.15) is 130 Å². The maximum absolute atomic E-state index is 14.3. The van der Waals surface area contributed by atoms with Gasteiger partial charge in [0.05, 0.1) is 5.41 Å². The first-order valence-electron chi connectivity index (χ1n) is 17.1. The van der Waals surface area contributed by atoms with Crippen molar-refractivity contribution in [1.82, 2.24) is 9.55 Å². The minimum Gasteiger partial charge on any atom is -0.462 e. The Labute approximate surface area is 254 Å². The van der Waals surface area contributed by atoms with Crippen LogP contribution in [0, 0.1) is 56.7 Å². The summed E-state index contributed by atoms with van der Waals surface area (Å²) in [5.74, 6) is 2.76. The van der Waals surface area contributed by atoms with Gasteiger partial charge >= 0.3 is 5.97 Å². The molecule has 0 spiro atoms. The Bertz CT molecular complexity index is 1240. The molecule has 5 heteroatoms. The standard InChI is InChI=1S/C37H56N2O3/c1-9-10-30(40)42-29-15-16-34(6)27(33(29,4)5)14-17-36(8)28(34)12-11-26-31-25(24(2)3)13-18-37(31,20-19-35(26,36)7)32(41)39-22-21-38-23-39/h21-23,25-29,31H,2,9-20H2,1,3-8H3/t25-,26+,27-,28+,29-,31+,34-,35+,36+,37-/m0/s1.